The highest BCUT2D eigenvalue weighted by Gasteiger charge is 2.54. The first-order chi connectivity index (χ1) is 14.6. The van der Waals surface area contributed by atoms with Crippen molar-refractivity contribution in [3.05, 3.63) is 16.6 Å². The summed E-state index contributed by atoms with van der Waals surface area (Å²) >= 11 is 1.63. The first kappa shape index (κ1) is 20.4. The molecule has 5 aliphatic rings. The van der Waals surface area contributed by atoms with E-state index in [9.17, 15) is 9.59 Å². The van der Waals surface area contributed by atoms with E-state index in [1.54, 1.807) is 11.3 Å². The van der Waals surface area contributed by atoms with Crippen LogP contribution in [0.5, 0.6) is 0 Å². The number of rotatable bonds is 6. The molecular weight excluding hydrogens is 396 g/mol. The first-order valence-electron chi connectivity index (χ1n) is 11.8. The number of hydrogen-bond donors (Lipinski definition) is 1. The molecule has 5 fully saturated rings. The molecule has 6 nitrogen and oxygen atoms in total. The van der Waals surface area contributed by atoms with Gasteiger partial charge < -0.3 is 10.2 Å². The summed E-state index contributed by atoms with van der Waals surface area (Å²) in [5, 5.41) is 5.26. The second-order valence-corrected chi connectivity index (χ2v) is 10.9. The van der Waals surface area contributed by atoms with Crippen LogP contribution in [0.15, 0.2) is 10.9 Å². The fourth-order valence-corrected chi connectivity index (χ4v) is 7.49. The molecule has 2 heterocycles. The molecule has 1 N–H and O–H groups in total. The SMILES string of the molecule is O=C(CCNC(=O)C12CC3CC(CC(C3)C1)C2)N1CCCN(Cc2cscn2)CC1. The van der Waals surface area contributed by atoms with Gasteiger partial charge in [-0.1, -0.05) is 0 Å². The van der Waals surface area contributed by atoms with Crippen molar-refractivity contribution in [2.75, 3.05) is 32.7 Å². The predicted molar refractivity (Wildman–Crippen MR) is 117 cm³/mol. The lowest BCUT2D eigenvalue weighted by atomic mass is 9.49. The zero-order valence-corrected chi connectivity index (χ0v) is 18.7. The molecule has 4 aliphatic carbocycles. The van der Waals surface area contributed by atoms with Crippen LogP contribution >= 0.6 is 11.3 Å². The van der Waals surface area contributed by atoms with E-state index in [1.165, 1.54) is 19.3 Å². The van der Waals surface area contributed by atoms with Crippen LogP contribution in [0.25, 0.3) is 0 Å². The molecule has 4 bridgehead atoms. The van der Waals surface area contributed by atoms with Crippen LogP contribution in [0.3, 0.4) is 0 Å². The Balaban J connectivity index is 1.07. The van der Waals surface area contributed by atoms with Gasteiger partial charge >= 0.3 is 0 Å². The van der Waals surface area contributed by atoms with Crippen LogP contribution < -0.4 is 5.32 Å². The van der Waals surface area contributed by atoms with Crippen molar-refractivity contribution in [2.24, 2.45) is 23.2 Å². The maximum absolute atomic E-state index is 13.1. The molecule has 0 spiro atoms. The normalized spacial score (nSPS) is 33.5. The fourth-order valence-electron chi connectivity index (χ4n) is 6.94. The van der Waals surface area contributed by atoms with Crippen molar-refractivity contribution in [3.63, 3.8) is 0 Å². The van der Waals surface area contributed by atoms with Gasteiger partial charge in [-0.05, 0) is 62.7 Å². The summed E-state index contributed by atoms with van der Waals surface area (Å²) in [6.45, 7) is 4.83. The molecule has 164 valence electrons. The van der Waals surface area contributed by atoms with E-state index in [4.69, 9.17) is 0 Å². The van der Waals surface area contributed by atoms with Crippen molar-refractivity contribution < 1.29 is 9.59 Å². The zero-order valence-electron chi connectivity index (χ0n) is 17.9. The van der Waals surface area contributed by atoms with Gasteiger partial charge in [0, 0.05) is 56.5 Å². The van der Waals surface area contributed by atoms with Gasteiger partial charge in [0.05, 0.1) is 11.2 Å². The van der Waals surface area contributed by atoms with Crippen molar-refractivity contribution in [1.82, 2.24) is 20.1 Å². The van der Waals surface area contributed by atoms with E-state index in [1.807, 2.05) is 10.4 Å². The summed E-state index contributed by atoms with van der Waals surface area (Å²) in [7, 11) is 0. The van der Waals surface area contributed by atoms with Crippen molar-refractivity contribution in [1.29, 1.82) is 0 Å². The van der Waals surface area contributed by atoms with E-state index in [-0.39, 0.29) is 17.2 Å². The summed E-state index contributed by atoms with van der Waals surface area (Å²) in [5.41, 5.74) is 2.88. The smallest absolute Gasteiger partial charge is 0.226 e. The van der Waals surface area contributed by atoms with Crippen LogP contribution in [0.2, 0.25) is 0 Å². The molecule has 7 heteroatoms. The molecule has 1 aromatic heterocycles. The number of thiazole rings is 1. The number of aromatic nitrogens is 1. The number of nitrogens with zero attached hydrogens (tertiary/aromatic N) is 3. The average molecular weight is 431 g/mol. The molecule has 0 unspecified atom stereocenters. The molecule has 30 heavy (non-hydrogen) atoms. The Morgan fingerprint density at radius 3 is 2.47 bits per heavy atom. The van der Waals surface area contributed by atoms with Gasteiger partial charge in [0.25, 0.3) is 0 Å². The molecule has 0 aromatic carbocycles. The third-order valence-corrected chi connectivity index (χ3v) is 8.59. The topological polar surface area (TPSA) is 65.5 Å². The van der Waals surface area contributed by atoms with E-state index in [0.29, 0.717) is 13.0 Å². The average Bonchev–Trinajstić information content (AvgIpc) is 3.10. The largest absolute Gasteiger partial charge is 0.355 e. The number of nitrogens with one attached hydrogen (secondary N) is 1. The Kier molecular flexibility index (Phi) is 5.84. The first-order valence-corrected chi connectivity index (χ1v) is 12.7. The van der Waals surface area contributed by atoms with Gasteiger partial charge in [0.1, 0.15) is 0 Å². The molecule has 1 aliphatic heterocycles. The third-order valence-electron chi connectivity index (χ3n) is 7.95. The minimum Gasteiger partial charge on any atom is -0.355 e. The number of amides is 2. The molecule has 1 aromatic rings. The summed E-state index contributed by atoms with van der Waals surface area (Å²) in [4.78, 5) is 34.6. The summed E-state index contributed by atoms with van der Waals surface area (Å²) in [6, 6.07) is 0. The minimum atomic E-state index is -0.114. The maximum Gasteiger partial charge on any atom is 0.226 e. The molecule has 2 amide bonds. The number of carbonyl (C=O) groups is 2. The van der Waals surface area contributed by atoms with Gasteiger partial charge in [0.2, 0.25) is 11.8 Å². The van der Waals surface area contributed by atoms with E-state index >= 15 is 0 Å². The number of carbonyl (C=O) groups excluding carboxylic acids is 2. The summed E-state index contributed by atoms with van der Waals surface area (Å²) in [6.07, 6.45) is 8.71. The molecule has 4 saturated carbocycles. The monoisotopic (exact) mass is 430 g/mol. The molecule has 0 radical (unpaired) electrons. The molecule has 1 saturated heterocycles. The van der Waals surface area contributed by atoms with Crippen molar-refractivity contribution >= 4 is 23.2 Å². The predicted octanol–water partition coefficient (Wildman–Crippen LogP) is 2.90. The maximum atomic E-state index is 13.1. The summed E-state index contributed by atoms with van der Waals surface area (Å²) in [5.74, 6) is 2.73. The lowest BCUT2D eigenvalue weighted by molar-refractivity contribution is -0.146. The van der Waals surface area contributed by atoms with Gasteiger partial charge in [-0.25, -0.2) is 4.98 Å². The van der Waals surface area contributed by atoms with Gasteiger partial charge in [-0.3, -0.25) is 14.5 Å². The second-order valence-electron chi connectivity index (χ2n) is 10.2. The van der Waals surface area contributed by atoms with E-state index < -0.39 is 0 Å². The zero-order chi connectivity index (χ0) is 20.6. The van der Waals surface area contributed by atoms with E-state index in [2.05, 4.69) is 20.6 Å². The fraction of sp³-hybridized carbons (Fsp3) is 0.783. The molecule has 0 atom stereocenters. The Morgan fingerprint density at radius 2 is 1.80 bits per heavy atom. The van der Waals surface area contributed by atoms with Crippen molar-refractivity contribution in [3.8, 4) is 0 Å². The van der Waals surface area contributed by atoms with Gasteiger partial charge in [0.15, 0.2) is 0 Å². The van der Waals surface area contributed by atoms with Crippen LogP contribution in [0.4, 0.5) is 0 Å². The highest BCUT2D eigenvalue weighted by molar-refractivity contribution is 7.07. The second kappa shape index (κ2) is 8.58. The third kappa shape index (κ3) is 4.28. The summed E-state index contributed by atoms with van der Waals surface area (Å²) < 4.78 is 0. The van der Waals surface area contributed by atoms with Crippen LogP contribution in [0, 0.1) is 23.2 Å². The number of hydrogen-bond acceptors (Lipinski definition) is 5. The quantitative estimate of drug-likeness (QED) is 0.754. The van der Waals surface area contributed by atoms with Crippen molar-refractivity contribution in [2.45, 2.75) is 57.9 Å². The van der Waals surface area contributed by atoms with Crippen LogP contribution in [-0.2, 0) is 16.1 Å². The van der Waals surface area contributed by atoms with Crippen LogP contribution in [0.1, 0.15) is 57.1 Å². The lowest BCUT2D eigenvalue weighted by Crippen LogP contribution is -2.53. The molecular formula is C23H34N4O2S. The van der Waals surface area contributed by atoms with E-state index in [0.717, 1.165) is 81.9 Å². The lowest BCUT2D eigenvalue weighted by Gasteiger charge is -2.55. The Labute approximate surface area is 183 Å². The highest BCUT2D eigenvalue weighted by atomic mass is 32.1. The Bertz CT molecular complexity index is 730. The standard InChI is InChI=1S/C23H34N4O2S/c28-21(27-5-1-4-26(6-7-27)14-20-15-30-16-25-20)2-3-24-22(29)23-11-17-8-18(12-23)10-19(9-17)13-23/h15-19H,1-14H2,(H,24,29). The Hall–Kier alpha value is -1.47. The minimum absolute atomic E-state index is 0.114. The van der Waals surface area contributed by atoms with Gasteiger partial charge in [-0.15, -0.1) is 11.3 Å². The van der Waals surface area contributed by atoms with Crippen LogP contribution in [-0.4, -0.2) is 59.3 Å². The molecule has 6 rings (SSSR count). The Morgan fingerprint density at radius 1 is 1.07 bits per heavy atom. The highest BCUT2D eigenvalue weighted by Crippen LogP contribution is 2.60. The van der Waals surface area contributed by atoms with Gasteiger partial charge in [-0.2, -0.15) is 0 Å².